The molecular weight excluding hydrogens is 318 g/mol. The molecule has 0 unspecified atom stereocenters. The van der Waals surface area contributed by atoms with Crippen LogP contribution in [-0.4, -0.2) is 23.9 Å². The first kappa shape index (κ1) is 17.0. The number of nitrogens with zero attached hydrogens (tertiary/aromatic N) is 2. The predicted molar refractivity (Wildman–Crippen MR) is 98.3 cm³/mol. The van der Waals surface area contributed by atoms with E-state index in [-0.39, 0.29) is 11.6 Å². The molecule has 1 heterocycles. The van der Waals surface area contributed by atoms with Crippen LogP contribution < -0.4 is 10.2 Å². The van der Waals surface area contributed by atoms with Crippen LogP contribution in [0.3, 0.4) is 0 Å². The smallest absolute Gasteiger partial charge is 0.272 e. The molecule has 25 heavy (non-hydrogen) atoms. The van der Waals surface area contributed by atoms with Crippen LogP contribution in [0.4, 0.5) is 17.1 Å². The minimum absolute atomic E-state index is 0.0161. The molecule has 0 saturated carbocycles. The van der Waals surface area contributed by atoms with Gasteiger partial charge in [-0.05, 0) is 62.6 Å². The van der Waals surface area contributed by atoms with Gasteiger partial charge in [-0.3, -0.25) is 14.9 Å². The van der Waals surface area contributed by atoms with Crippen molar-refractivity contribution in [2.75, 3.05) is 23.3 Å². The zero-order chi connectivity index (χ0) is 17.8. The van der Waals surface area contributed by atoms with Crippen LogP contribution in [0.25, 0.3) is 0 Å². The number of nitro groups is 1. The minimum atomic E-state index is -0.448. The number of nitrogens with one attached hydrogen (secondary N) is 1. The number of nitro benzene ring substituents is 1. The second-order valence-electron chi connectivity index (χ2n) is 6.31. The first-order valence-electron chi connectivity index (χ1n) is 8.46. The van der Waals surface area contributed by atoms with Crippen molar-refractivity contribution in [2.45, 2.75) is 26.2 Å². The molecule has 0 bridgehead atoms. The van der Waals surface area contributed by atoms with Gasteiger partial charge in [0, 0.05) is 41.7 Å². The highest BCUT2D eigenvalue weighted by Crippen LogP contribution is 2.23. The van der Waals surface area contributed by atoms with Gasteiger partial charge in [-0.1, -0.05) is 0 Å². The van der Waals surface area contributed by atoms with Crippen molar-refractivity contribution in [1.29, 1.82) is 0 Å². The first-order chi connectivity index (χ1) is 12.0. The number of hydrogen-bond donors (Lipinski definition) is 1. The number of hydrogen-bond acceptors (Lipinski definition) is 4. The number of rotatable bonds is 4. The fourth-order valence-corrected chi connectivity index (χ4v) is 3.11. The summed E-state index contributed by atoms with van der Waals surface area (Å²) in [7, 11) is 0. The van der Waals surface area contributed by atoms with Crippen LogP contribution in [0.1, 0.15) is 35.2 Å². The number of aryl methyl sites for hydroxylation is 1. The van der Waals surface area contributed by atoms with Crippen LogP contribution in [-0.2, 0) is 0 Å². The summed E-state index contributed by atoms with van der Waals surface area (Å²) in [6.07, 6.45) is 3.73. The number of carbonyl (C=O) groups is 1. The lowest BCUT2D eigenvalue weighted by atomic mass is 10.1. The Morgan fingerprint density at radius 1 is 1.08 bits per heavy atom. The largest absolute Gasteiger partial charge is 0.372 e. The maximum Gasteiger partial charge on any atom is 0.272 e. The van der Waals surface area contributed by atoms with Crippen molar-refractivity contribution in [3.63, 3.8) is 0 Å². The number of anilines is 2. The normalized spacial score (nSPS) is 14.2. The van der Waals surface area contributed by atoms with Crippen molar-refractivity contribution in [1.82, 2.24) is 0 Å². The Morgan fingerprint density at radius 3 is 2.36 bits per heavy atom. The number of benzene rings is 2. The molecule has 2 aromatic rings. The van der Waals surface area contributed by atoms with Crippen molar-refractivity contribution in [3.8, 4) is 0 Å². The highest BCUT2D eigenvalue weighted by atomic mass is 16.6. The van der Waals surface area contributed by atoms with Gasteiger partial charge in [0.15, 0.2) is 0 Å². The molecule has 3 rings (SSSR count). The van der Waals surface area contributed by atoms with E-state index < -0.39 is 4.92 Å². The third kappa shape index (κ3) is 3.96. The molecule has 1 aliphatic rings. The molecule has 1 amide bonds. The van der Waals surface area contributed by atoms with Gasteiger partial charge < -0.3 is 10.2 Å². The zero-order valence-corrected chi connectivity index (χ0v) is 14.2. The second-order valence-corrected chi connectivity index (χ2v) is 6.31. The van der Waals surface area contributed by atoms with Crippen LogP contribution in [0.15, 0.2) is 42.5 Å². The number of amides is 1. The highest BCUT2D eigenvalue weighted by molar-refractivity contribution is 6.04. The maximum absolute atomic E-state index is 12.3. The van der Waals surface area contributed by atoms with Gasteiger partial charge in [-0.25, -0.2) is 0 Å². The van der Waals surface area contributed by atoms with E-state index in [9.17, 15) is 14.9 Å². The summed E-state index contributed by atoms with van der Waals surface area (Å²) in [6.45, 7) is 3.78. The van der Waals surface area contributed by atoms with Gasteiger partial charge in [0.2, 0.25) is 0 Å². The Bertz CT molecular complexity index is 781. The molecule has 6 heteroatoms. The van der Waals surface area contributed by atoms with E-state index >= 15 is 0 Å². The van der Waals surface area contributed by atoms with E-state index in [1.165, 1.54) is 43.1 Å². The Kier molecular flexibility index (Phi) is 4.97. The molecule has 1 saturated heterocycles. The first-order valence-corrected chi connectivity index (χ1v) is 8.46. The molecule has 0 spiro atoms. The van der Waals surface area contributed by atoms with Crippen molar-refractivity contribution >= 4 is 23.0 Å². The molecule has 1 N–H and O–H groups in total. The summed E-state index contributed by atoms with van der Waals surface area (Å²) in [5, 5.41) is 13.7. The van der Waals surface area contributed by atoms with Crippen molar-refractivity contribution in [3.05, 3.63) is 63.7 Å². The van der Waals surface area contributed by atoms with Gasteiger partial charge in [0.1, 0.15) is 0 Å². The second kappa shape index (κ2) is 7.34. The topological polar surface area (TPSA) is 75.5 Å². The molecule has 130 valence electrons. The SMILES string of the molecule is Cc1cc(C(=O)Nc2ccc(N3CCCCC3)cc2)ccc1[N+](=O)[O-]. The third-order valence-corrected chi connectivity index (χ3v) is 4.50. The summed E-state index contributed by atoms with van der Waals surface area (Å²) < 4.78 is 0. The summed E-state index contributed by atoms with van der Waals surface area (Å²) in [6, 6.07) is 12.2. The maximum atomic E-state index is 12.3. The molecule has 2 aromatic carbocycles. The van der Waals surface area contributed by atoms with E-state index in [2.05, 4.69) is 10.2 Å². The van der Waals surface area contributed by atoms with E-state index in [1.807, 2.05) is 24.3 Å². The fourth-order valence-electron chi connectivity index (χ4n) is 3.11. The average Bonchev–Trinajstić information content (AvgIpc) is 2.62. The minimum Gasteiger partial charge on any atom is -0.372 e. The Morgan fingerprint density at radius 2 is 1.76 bits per heavy atom. The Hall–Kier alpha value is -2.89. The van der Waals surface area contributed by atoms with E-state index in [0.29, 0.717) is 16.8 Å². The van der Waals surface area contributed by atoms with Crippen LogP contribution in [0.2, 0.25) is 0 Å². The summed E-state index contributed by atoms with van der Waals surface area (Å²) in [5.74, 6) is -0.274. The fraction of sp³-hybridized carbons (Fsp3) is 0.316. The highest BCUT2D eigenvalue weighted by Gasteiger charge is 2.14. The van der Waals surface area contributed by atoms with Crippen LogP contribution >= 0.6 is 0 Å². The molecule has 1 aliphatic heterocycles. The quantitative estimate of drug-likeness (QED) is 0.671. The number of piperidine rings is 1. The molecule has 1 fully saturated rings. The van der Waals surface area contributed by atoms with Crippen molar-refractivity contribution in [2.24, 2.45) is 0 Å². The lowest BCUT2D eigenvalue weighted by Gasteiger charge is -2.28. The molecule has 0 aromatic heterocycles. The summed E-state index contributed by atoms with van der Waals surface area (Å²) in [5.41, 5.74) is 2.77. The van der Waals surface area contributed by atoms with Gasteiger partial charge in [0.25, 0.3) is 11.6 Å². The van der Waals surface area contributed by atoms with E-state index in [0.717, 1.165) is 13.1 Å². The Balaban J connectivity index is 1.68. The summed E-state index contributed by atoms with van der Waals surface area (Å²) >= 11 is 0. The number of carbonyl (C=O) groups excluding carboxylic acids is 1. The predicted octanol–water partition coefficient (Wildman–Crippen LogP) is 4.15. The molecule has 0 atom stereocenters. The summed E-state index contributed by atoms with van der Waals surface area (Å²) in [4.78, 5) is 25.1. The molecule has 0 radical (unpaired) electrons. The standard InChI is InChI=1S/C19H21N3O3/c1-14-13-15(5-10-18(14)22(24)25)19(23)20-16-6-8-17(9-7-16)21-11-3-2-4-12-21/h5-10,13H,2-4,11-12H2,1H3,(H,20,23). The van der Waals surface area contributed by atoms with E-state index in [4.69, 9.17) is 0 Å². The monoisotopic (exact) mass is 339 g/mol. The lowest BCUT2D eigenvalue weighted by molar-refractivity contribution is -0.385. The molecular formula is C19H21N3O3. The van der Waals surface area contributed by atoms with Gasteiger partial charge in [-0.2, -0.15) is 0 Å². The third-order valence-electron chi connectivity index (χ3n) is 4.50. The van der Waals surface area contributed by atoms with Crippen molar-refractivity contribution < 1.29 is 9.72 Å². The van der Waals surface area contributed by atoms with Crippen LogP contribution in [0.5, 0.6) is 0 Å². The van der Waals surface area contributed by atoms with Crippen LogP contribution in [0, 0.1) is 17.0 Å². The van der Waals surface area contributed by atoms with E-state index in [1.54, 1.807) is 6.92 Å². The lowest BCUT2D eigenvalue weighted by Crippen LogP contribution is -2.29. The molecule has 6 nitrogen and oxygen atoms in total. The van der Waals surface area contributed by atoms with Gasteiger partial charge in [-0.15, -0.1) is 0 Å². The van der Waals surface area contributed by atoms with Gasteiger partial charge in [0.05, 0.1) is 4.92 Å². The Labute approximate surface area is 146 Å². The average molecular weight is 339 g/mol. The van der Waals surface area contributed by atoms with Gasteiger partial charge >= 0.3 is 0 Å². The zero-order valence-electron chi connectivity index (χ0n) is 14.2. The molecule has 0 aliphatic carbocycles.